The SMILES string of the molecule is Cc1ccc(-c2cccc3c4ccccc4n(-c4cccc5c4C(=O)N(c4c(-c6ccccc6)cc(-c6ccccc6)cc4-c4ccccc4)C5=O)c23)cc1. The zero-order valence-electron chi connectivity index (χ0n) is 30.1. The van der Waals surface area contributed by atoms with E-state index >= 15 is 4.79 Å². The van der Waals surface area contributed by atoms with Crippen LogP contribution in [0, 0.1) is 6.92 Å². The largest absolute Gasteiger partial charge is 0.308 e. The molecule has 10 rings (SSSR count). The monoisotopic (exact) mass is 706 g/mol. The van der Waals surface area contributed by atoms with Gasteiger partial charge in [0.05, 0.1) is 33.5 Å². The van der Waals surface area contributed by atoms with E-state index in [1.807, 2.05) is 103 Å². The maximum absolute atomic E-state index is 15.4. The van der Waals surface area contributed by atoms with Crippen LogP contribution in [0.2, 0.25) is 0 Å². The lowest BCUT2D eigenvalue weighted by atomic mass is 9.90. The minimum absolute atomic E-state index is 0.344. The number of rotatable bonds is 6. The number of hydrogen-bond acceptors (Lipinski definition) is 2. The van der Waals surface area contributed by atoms with E-state index < -0.39 is 0 Å². The van der Waals surface area contributed by atoms with Crippen LogP contribution < -0.4 is 4.90 Å². The molecular formula is C51H34N2O2. The quantitative estimate of drug-likeness (QED) is 0.162. The number of nitrogens with zero attached hydrogens (tertiary/aromatic N) is 2. The zero-order chi connectivity index (χ0) is 37.0. The number of benzene rings is 8. The molecule has 0 unspecified atom stereocenters. The molecule has 8 aromatic carbocycles. The fourth-order valence-electron chi connectivity index (χ4n) is 8.24. The highest BCUT2D eigenvalue weighted by molar-refractivity contribution is 6.37. The summed E-state index contributed by atoms with van der Waals surface area (Å²) in [7, 11) is 0. The summed E-state index contributed by atoms with van der Waals surface area (Å²) in [6.07, 6.45) is 0. The number of fused-ring (bicyclic) bond motifs is 4. The standard InChI is InChI=1S/C51H34N2O2/c1-33-27-29-37(30-28-33)39-22-13-23-41-40-21-11-12-25-45(40)52(48(39)41)46-26-14-24-42-47(46)51(55)53(50(42)54)49-43(35-17-7-3-8-18-35)31-38(34-15-5-2-6-16-34)32-44(49)36-19-9-4-10-20-36/h2-32H,1H3. The molecule has 9 aromatic rings. The van der Waals surface area contributed by atoms with Crippen LogP contribution in [-0.2, 0) is 0 Å². The second-order valence-corrected chi connectivity index (χ2v) is 14.1. The Morgan fingerprint density at radius 1 is 0.400 bits per heavy atom. The average Bonchev–Trinajstić information content (AvgIpc) is 3.72. The van der Waals surface area contributed by atoms with E-state index in [-0.39, 0.29) is 11.8 Å². The van der Waals surface area contributed by atoms with Gasteiger partial charge in [-0.05, 0) is 65.1 Å². The van der Waals surface area contributed by atoms with Crippen molar-refractivity contribution in [2.45, 2.75) is 6.92 Å². The van der Waals surface area contributed by atoms with Crippen LogP contribution in [-0.4, -0.2) is 16.4 Å². The molecule has 0 atom stereocenters. The summed E-state index contributed by atoms with van der Waals surface area (Å²) in [6, 6.07) is 63.4. The molecular weight excluding hydrogens is 673 g/mol. The zero-order valence-corrected chi connectivity index (χ0v) is 30.1. The van der Waals surface area contributed by atoms with Crippen molar-refractivity contribution in [3.63, 3.8) is 0 Å². The van der Waals surface area contributed by atoms with Crippen molar-refractivity contribution >= 4 is 39.3 Å². The molecule has 0 radical (unpaired) electrons. The molecule has 260 valence electrons. The second kappa shape index (κ2) is 13.0. The lowest BCUT2D eigenvalue weighted by molar-refractivity contribution is 0.0926. The normalized spacial score (nSPS) is 12.5. The first-order valence-corrected chi connectivity index (χ1v) is 18.5. The molecule has 55 heavy (non-hydrogen) atoms. The Morgan fingerprint density at radius 3 is 1.58 bits per heavy atom. The van der Waals surface area contributed by atoms with Crippen LogP contribution in [0.1, 0.15) is 26.3 Å². The van der Waals surface area contributed by atoms with Gasteiger partial charge in [0.2, 0.25) is 0 Å². The molecule has 1 aliphatic rings. The Kier molecular flexibility index (Phi) is 7.63. The predicted octanol–water partition coefficient (Wildman–Crippen LogP) is 12.6. The molecule has 2 amide bonds. The molecule has 0 N–H and O–H groups in total. The third-order valence-corrected chi connectivity index (χ3v) is 10.8. The first-order valence-electron chi connectivity index (χ1n) is 18.5. The van der Waals surface area contributed by atoms with E-state index in [4.69, 9.17) is 0 Å². The van der Waals surface area contributed by atoms with Crippen molar-refractivity contribution in [3.05, 3.63) is 205 Å². The number of aryl methyl sites for hydroxylation is 1. The summed E-state index contributed by atoms with van der Waals surface area (Å²) in [6.45, 7) is 2.09. The van der Waals surface area contributed by atoms with Crippen LogP contribution >= 0.6 is 0 Å². The maximum Gasteiger partial charge on any atom is 0.268 e. The highest BCUT2D eigenvalue weighted by atomic mass is 16.2. The molecule has 0 spiro atoms. The fraction of sp³-hybridized carbons (Fsp3) is 0.0196. The summed E-state index contributed by atoms with van der Waals surface area (Å²) in [5, 5.41) is 2.15. The van der Waals surface area contributed by atoms with E-state index in [1.54, 1.807) is 6.07 Å². The molecule has 1 aromatic heterocycles. The second-order valence-electron chi connectivity index (χ2n) is 14.1. The lowest BCUT2D eigenvalue weighted by Crippen LogP contribution is -2.30. The number of carbonyl (C=O) groups excluding carboxylic acids is 2. The van der Waals surface area contributed by atoms with Gasteiger partial charge in [0.25, 0.3) is 11.8 Å². The minimum atomic E-state index is -0.351. The van der Waals surface area contributed by atoms with Crippen molar-refractivity contribution in [1.29, 1.82) is 0 Å². The van der Waals surface area contributed by atoms with Gasteiger partial charge < -0.3 is 4.57 Å². The van der Waals surface area contributed by atoms with Crippen molar-refractivity contribution in [2.24, 2.45) is 0 Å². The third kappa shape index (κ3) is 5.22. The number of anilines is 1. The van der Waals surface area contributed by atoms with Gasteiger partial charge in [-0.3, -0.25) is 9.59 Å². The number of para-hydroxylation sites is 2. The van der Waals surface area contributed by atoms with E-state index in [0.717, 1.165) is 66.3 Å². The van der Waals surface area contributed by atoms with Crippen molar-refractivity contribution < 1.29 is 9.59 Å². The topological polar surface area (TPSA) is 42.3 Å². The molecule has 0 fully saturated rings. The summed E-state index contributed by atoms with van der Waals surface area (Å²) in [4.78, 5) is 31.8. The van der Waals surface area contributed by atoms with Crippen LogP contribution in [0.25, 0.3) is 72.0 Å². The number of carbonyl (C=O) groups is 2. The van der Waals surface area contributed by atoms with E-state index in [2.05, 4.69) is 90.4 Å². The molecule has 4 heteroatoms. The fourth-order valence-corrected chi connectivity index (χ4v) is 8.24. The smallest absolute Gasteiger partial charge is 0.268 e. The van der Waals surface area contributed by atoms with Gasteiger partial charge in [0.15, 0.2) is 0 Å². The van der Waals surface area contributed by atoms with Crippen molar-refractivity contribution in [1.82, 2.24) is 4.57 Å². The van der Waals surface area contributed by atoms with Gasteiger partial charge in [-0.1, -0.05) is 163 Å². The number of imide groups is 1. The Morgan fingerprint density at radius 2 is 0.927 bits per heavy atom. The molecule has 2 heterocycles. The van der Waals surface area contributed by atoms with E-state index in [0.29, 0.717) is 22.5 Å². The van der Waals surface area contributed by atoms with Crippen molar-refractivity contribution in [3.8, 4) is 50.2 Å². The Balaban J connectivity index is 1.24. The van der Waals surface area contributed by atoms with E-state index in [9.17, 15) is 4.79 Å². The van der Waals surface area contributed by atoms with Crippen LogP contribution in [0.3, 0.4) is 0 Å². The van der Waals surface area contributed by atoms with Gasteiger partial charge in [0, 0.05) is 27.5 Å². The number of aromatic nitrogens is 1. The third-order valence-electron chi connectivity index (χ3n) is 10.8. The lowest BCUT2D eigenvalue weighted by Gasteiger charge is -2.24. The minimum Gasteiger partial charge on any atom is -0.308 e. The van der Waals surface area contributed by atoms with Gasteiger partial charge in [-0.25, -0.2) is 4.90 Å². The molecule has 4 nitrogen and oxygen atoms in total. The van der Waals surface area contributed by atoms with Gasteiger partial charge in [-0.15, -0.1) is 0 Å². The van der Waals surface area contributed by atoms with Crippen LogP contribution in [0.5, 0.6) is 0 Å². The Bertz CT molecular complexity index is 2890. The van der Waals surface area contributed by atoms with Gasteiger partial charge >= 0.3 is 0 Å². The van der Waals surface area contributed by atoms with Crippen molar-refractivity contribution in [2.75, 3.05) is 4.90 Å². The first-order chi connectivity index (χ1) is 27.1. The Labute approximate surface area is 319 Å². The summed E-state index contributed by atoms with van der Waals surface area (Å²) in [5.74, 6) is -0.695. The highest BCUT2D eigenvalue weighted by Crippen LogP contribution is 2.47. The molecule has 0 aliphatic carbocycles. The molecule has 0 saturated heterocycles. The average molecular weight is 707 g/mol. The molecule has 0 saturated carbocycles. The number of amides is 2. The first kappa shape index (κ1) is 32.4. The Hall–Kier alpha value is -7.30. The molecule has 0 bridgehead atoms. The van der Waals surface area contributed by atoms with Crippen LogP contribution in [0.4, 0.5) is 5.69 Å². The summed E-state index contributed by atoms with van der Waals surface area (Å²) < 4.78 is 2.18. The predicted molar refractivity (Wildman–Crippen MR) is 225 cm³/mol. The van der Waals surface area contributed by atoms with Crippen LogP contribution in [0.15, 0.2) is 188 Å². The highest BCUT2D eigenvalue weighted by Gasteiger charge is 2.42. The van der Waals surface area contributed by atoms with Gasteiger partial charge in [-0.2, -0.15) is 0 Å². The van der Waals surface area contributed by atoms with Gasteiger partial charge in [0.1, 0.15) is 0 Å². The summed E-state index contributed by atoms with van der Waals surface area (Å²) in [5.41, 5.74) is 12.7. The van der Waals surface area contributed by atoms with E-state index in [1.165, 1.54) is 10.5 Å². The summed E-state index contributed by atoms with van der Waals surface area (Å²) >= 11 is 0. The number of hydrogen-bond donors (Lipinski definition) is 0. The molecule has 1 aliphatic heterocycles. The maximum atomic E-state index is 15.4.